The van der Waals surface area contributed by atoms with Crippen LogP contribution in [0.25, 0.3) is 0 Å². The number of piperidine rings is 1. The number of carbonyl (C=O) groups is 1. The first kappa shape index (κ1) is 20.0. The molecule has 154 valence electrons. The first-order chi connectivity index (χ1) is 14.1. The Balaban J connectivity index is 1.50. The minimum atomic E-state index is -0.440. The second-order valence-corrected chi connectivity index (χ2v) is 8.25. The highest BCUT2D eigenvalue weighted by atomic mass is 35.5. The maximum Gasteiger partial charge on any atom is 0.319 e. The molecular weight excluding hydrogens is 390 g/mol. The van der Waals surface area contributed by atoms with Crippen molar-refractivity contribution in [2.75, 3.05) is 20.2 Å². The number of amides is 1. The average Bonchev–Trinajstić information content (AvgIpc) is 3.25. The number of halogens is 1. The Morgan fingerprint density at radius 2 is 1.93 bits per heavy atom. The number of nitrogens with zero attached hydrogens (tertiary/aromatic N) is 3. The van der Waals surface area contributed by atoms with Crippen LogP contribution in [0.3, 0.4) is 0 Å². The van der Waals surface area contributed by atoms with Crippen molar-refractivity contribution in [1.29, 1.82) is 0 Å². The van der Waals surface area contributed by atoms with Gasteiger partial charge in [0, 0.05) is 23.8 Å². The molecule has 1 aliphatic carbocycles. The molecule has 1 saturated heterocycles. The molecular formula is C22H26ClN3O3. The quantitative estimate of drug-likeness (QED) is 0.737. The Morgan fingerprint density at radius 3 is 2.66 bits per heavy atom. The maximum absolute atomic E-state index is 13.7. The van der Waals surface area contributed by atoms with Gasteiger partial charge >= 0.3 is 6.01 Å². The van der Waals surface area contributed by atoms with E-state index in [2.05, 4.69) is 9.97 Å². The summed E-state index contributed by atoms with van der Waals surface area (Å²) in [6.45, 7) is 1.33. The number of ether oxygens (including phenoxy) is 2. The summed E-state index contributed by atoms with van der Waals surface area (Å²) in [4.78, 5) is 23.9. The zero-order valence-electron chi connectivity index (χ0n) is 16.6. The molecule has 4 rings (SSSR count). The summed E-state index contributed by atoms with van der Waals surface area (Å²) in [5.41, 5.74) is 0.637. The van der Waals surface area contributed by atoms with Crippen LogP contribution in [0.2, 0.25) is 5.02 Å². The highest BCUT2D eigenvalue weighted by molar-refractivity contribution is 6.30. The van der Waals surface area contributed by atoms with E-state index in [0.29, 0.717) is 17.4 Å². The third-order valence-corrected chi connectivity index (χ3v) is 6.26. The van der Waals surface area contributed by atoms with Crippen LogP contribution >= 0.6 is 11.6 Å². The number of hydrogen-bond acceptors (Lipinski definition) is 5. The standard InChI is InChI=1S/C22H26ClN3O3/c1-28-21-24-13-10-19(25-21)29-18-5-4-14-26(15-18)20(27)22(11-2-3-12-22)16-6-8-17(23)9-7-16/h6-10,13,18H,2-5,11-12,14-15H2,1H3. The van der Waals surface area contributed by atoms with Gasteiger partial charge in [0.15, 0.2) is 0 Å². The normalized spacial score (nSPS) is 21.0. The Morgan fingerprint density at radius 1 is 1.17 bits per heavy atom. The lowest BCUT2D eigenvalue weighted by Gasteiger charge is -2.39. The lowest BCUT2D eigenvalue weighted by atomic mass is 9.77. The van der Waals surface area contributed by atoms with E-state index in [0.717, 1.165) is 50.6 Å². The van der Waals surface area contributed by atoms with Crippen molar-refractivity contribution in [1.82, 2.24) is 14.9 Å². The molecule has 2 heterocycles. The number of benzene rings is 1. The van der Waals surface area contributed by atoms with Gasteiger partial charge in [-0.25, -0.2) is 4.98 Å². The van der Waals surface area contributed by atoms with Crippen molar-refractivity contribution < 1.29 is 14.3 Å². The van der Waals surface area contributed by atoms with Crippen LogP contribution < -0.4 is 9.47 Å². The number of carbonyl (C=O) groups excluding carboxylic acids is 1. The monoisotopic (exact) mass is 415 g/mol. The van der Waals surface area contributed by atoms with Gasteiger partial charge in [-0.3, -0.25) is 4.79 Å². The fourth-order valence-electron chi connectivity index (χ4n) is 4.55. The van der Waals surface area contributed by atoms with E-state index in [1.165, 1.54) is 7.11 Å². The minimum Gasteiger partial charge on any atom is -0.472 e. The first-order valence-corrected chi connectivity index (χ1v) is 10.6. The van der Waals surface area contributed by atoms with Crippen LogP contribution in [0, 0.1) is 0 Å². The van der Waals surface area contributed by atoms with Gasteiger partial charge in [-0.05, 0) is 43.4 Å². The molecule has 0 spiro atoms. The molecule has 1 aliphatic heterocycles. The molecule has 1 saturated carbocycles. The third kappa shape index (κ3) is 4.17. The van der Waals surface area contributed by atoms with E-state index in [4.69, 9.17) is 21.1 Å². The van der Waals surface area contributed by atoms with Gasteiger partial charge in [0.25, 0.3) is 0 Å². The fourth-order valence-corrected chi connectivity index (χ4v) is 4.68. The zero-order valence-corrected chi connectivity index (χ0v) is 17.4. The first-order valence-electron chi connectivity index (χ1n) is 10.2. The van der Waals surface area contributed by atoms with Gasteiger partial charge in [0.2, 0.25) is 11.8 Å². The van der Waals surface area contributed by atoms with E-state index >= 15 is 0 Å². The Labute approximate surface area is 176 Å². The van der Waals surface area contributed by atoms with Gasteiger partial charge in [-0.1, -0.05) is 36.6 Å². The predicted octanol–water partition coefficient (Wildman–Crippen LogP) is 4.02. The molecule has 0 bridgehead atoms. The summed E-state index contributed by atoms with van der Waals surface area (Å²) in [7, 11) is 1.53. The molecule has 29 heavy (non-hydrogen) atoms. The number of rotatable bonds is 5. The van der Waals surface area contributed by atoms with Crippen molar-refractivity contribution in [2.45, 2.75) is 50.0 Å². The number of methoxy groups -OCH3 is 1. The fraction of sp³-hybridized carbons (Fsp3) is 0.500. The molecule has 1 atom stereocenters. The predicted molar refractivity (Wildman–Crippen MR) is 110 cm³/mol. The van der Waals surface area contributed by atoms with Crippen molar-refractivity contribution in [3.63, 3.8) is 0 Å². The molecule has 6 nitrogen and oxygen atoms in total. The summed E-state index contributed by atoms with van der Waals surface area (Å²) in [5, 5.41) is 0.695. The molecule has 2 aromatic rings. The van der Waals surface area contributed by atoms with E-state index < -0.39 is 5.41 Å². The molecule has 7 heteroatoms. The SMILES string of the molecule is COc1nccc(OC2CCCN(C(=O)C3(c4ccc(Cl)cc4)CCCC3)C2)n1. The topological polar surface area (TPSA) is 64.6 Å². The van der Waals surface area contributed by atoms with Gasteiger partial charge in [0.05, 0.1) is 19.1 Å². The van der Waals surface area contributed by atoms with Crippen LogP contribution in [-0.2, 0) is 10.2 Å². The Hall–Kier alpha value is -2.34. The third-order valence-electron chi connectivity index (χ3n) is 6.01. The number of aromatic nitrogens is 2. The molecule has 0 N–H and O–H groups in total. The molecule has 2 fully saturated rings. The number of likely N-dealkylation sites (tertiary alicyclic amines) is 1. The van der Waals surface area contributed by atoms with Crippen LogP contribution in [-0.4, -0.2) is 47.1 Å². The molecule has 0 radical (unpaired) electrons. The summed E-state index contributed by atoms with van der Waals surface area (Å²) in [5.74, 6) is 0.690. The summed E-state index contributed by atoms with van der Waals surface area (Å²) in [6, 6.07) is 9.78. The number of hydrogen-bond donors (Lipinski definition) is 0. The van der Waals surface area contributed by atoms with E-state index in [1.54, 1.807) is 12.3 Å². The summed E-state index contributed by atoms with van der Waals surface area (Å²) < 4.78 is 11.1. The van der Waals surface area contributed by atoms with Crippen molar-refractivity contribution in [2.24, 2.45) is 0 Å². The second-order valence-electron chi connectivity index (χ2n) is 7.81. The second kappa shape index (κ2) is 8.57. The average molecular weight is 416 g/mol. The summed E-state index contributed by atoms with van der Waals surface area (Å²) in [6.07, 6.45) is 7.25. The molecule has 1 aromatic heterocycles. The largest absolute Gasteiger partial charge is 0.472 e. The van der Waals surface area contributed by atoms with Gasteiger partial charge in [0.1, 0.15) is 6.10 Å². The zero-order chi connectivity index (χ0) is 20.3. The molecule has 1 unspecified atom stereocenters. The highest BCUT2D eigenvalue weighted by Gasteiger charge is 2.45. The molecule has 1 amide bonds. The Bertz CT molecular complexity index is 853. The van der Waals surface area contributed by atoms with Crippen molar-refractivity contribution >= 4 is 17.5 Å². The summed E-state index contributed by atoms with van der Waals surface area (Å²) >= 11 is 6.08. The maximum atomic E-state index is 13.7. The highest BCUT2D eigenvalue weighted by Crippen LogP contribution is 2.43. The van der Waals surface area contributed by atoms with Crippen molar-refractivity contribution in [3.8, 4) is 11.9 Å². The molecule has 1 aromatic carbocycles. The van der Waals surface area contributed by atoms with Crippen LogP contribution in [0.5, 0.6) is 11.9 Å². The van der Waals surface area contributed by atoms with E-state index in [1.807, 2.05) is 29.2 Å². The molecule has 2 aliphatic rings. The van der Waals surface area contributed by atoms with Crippen molar-refractivity contribution in [3.05, 3.63) is 47.1 Å². The van der Waals surface area contributed by atoms with Crippen LogP contribution in [0.4, 0.5) is 0 Å². The smallest absolute Gasteiger partial charge is 0.319 e. The van der Waals surface area contributed by atoms with E-state index in [9.17, 15) is 4.79 Å². The lowest BCUT2D eigenvalue weighted by Crippen LogP contribution is -2.51. The van der Waals surface area contributed by atoms with Crippen LogP contribution in [0.1, 0.15) is 44.1 Å². The van der Waals surface area contributed by atoms with Gasteiger partial charge in [-0.15, -0.1) is 0 Å². The van der Waals surface area contributed by atoms with Gasteiger partial charge in [-0.2, -0.15) is 4.98 Å². The van der Waals surface area contributed by atoms with Gasteiger partial charge < -0.3 is 14.4 Å². The lowest BCUT2D eigenvalue weighted by molar-refractivity contribution is -0.140. The van der Waals surface area contributed by atoms with E-state index in [-0.39, 0.29) is 18.0 Å². The minimum absolute atomic E-state index is 0.0871. The Kier molecular flexibility index (Phi) is 5.90. The van der Waals surface area contributed by atoms with Crippen LogP contribution in [0.15, 0.2) is 36.5 Å².